The molecule has 0 heterocycles. The summed E-state index contributed by atoms with van der Waals surface area (Å²) in [5.74, 6) is -1.65. The van der Waals surface area contributed by atoms with Crippen LogP contribution < -0.4 is 16.8 Å². The third-order valence-corrected chi connectivity index (χ3v) is 3.41. The molecule has 0 bridgehead atoms. The van der Waals surface area contributed by atoms with E-state index in [1.54, 1.807) is 6.92 Å². The Hall–Kier alpha value is -2.09. The number of nitrogens with one attached hydrogen (secondary N) is 1. The van der Waals surface area contributed by atoms with Crippen LogP contribution >= 0.6 is 0 Å². The summed E-state index contributed by atoms with van der Waals surface area (Å²) in [6.45, 7) is 2.90. The van der Waals surface area contributed by atoms with Crippen LogP contribution in [-0.4, -0.2) is 17.9 Å². The maximum Gasteiger partial charge on any atom is 0.416 e. The van der Waals surface area contributed by atoms with Crippen LogP contribution in [0.4, 0.5) is 13.2 Å². The number of primary amides is 1. The summed E-state index contributed by atoms with van der Waals surface area (Å²) in [7, 11) is 0. The van der Waals surface area contributed by atoms with Gasteiger partial charge in [0.15, 0.2) is 0 Å². The van der Waals surface area contributed by atoms with Gasteiger partial charge in [-0.15, -0.1) is 0 Å². The van der Waals surface area contributed by atoms with Crippen molar-refractivity contribution in [2.45, 2.75) is 38.0 Å². The molecule has 0 spiro atoms. The zero-order valence-corrected chi connectivity index (χ0v) is 12.2. The van der Waals surface area contributed by atoms with Crippen molar-refractivity contribution >= 4 is 11.8 Å². The minimum absolute atomic E-state index is 0.0634. The van der Waals surface area contributed by atoms with E-state index < -0.39 is 35.1 Å². The average molecular weight is 317 g/mol. The fraction of sp³-hybridized carbons (Fsp3) is 0.429. The Kier molecular flexibility index (Phi) is 5.18. The van der Waals surface area contributed by atoms with E-state index in [0.29, 0.717) is 6.42 Å². The standard InChI is InChI=1S/C14H18F3N3O2/c1-3-10(18)11(21)20-13(2,12(19)22)8-5-4-6-9(7-8)14(15,16)17/h4-7,10H,3,18H2,1-2H3,(H2,19,22)(H,20,21)/t10-,13?/m0/s1. The molecule has 22 heavy (non-hydrogen) atoms. The highest BCUT2D eigenvalue weighted by atomic mass is 19.4. The molecule has 2 amide bonds. The van der Waals surface area contributed by atoms with Gasteiger partial charge in [0.1, 0.15) is 5.54 Å². The lowest BCUT2D eigenvalue weighted by atomic mass is 9.89. The zero-order valence-electron chi connectivity index (χ0n) is 12.2. The number of halogens is 3. The van der Waals surface area contributed by atoms with Gasteiger partial charge >= 0.3 is 6.18 Å². The lowest BCUT2D eigenvalue weighted by molar-refractivity contribution is -0.138. The molecule has 122 valence electrons. The van der Waals surface area contributed by atoms with Gasteiger partial charge in [-0.25, -0.2) is 0 Å². The largest absolute Gasteiger partial charge is 0.416 e. The van der Waals surface area contributed by atoms with Crippen LogP contribution in [0, 0.1) is 0 Å². The van der Waals surface area contributed by atoms with Crippen molar-refractivity contribution in [3.8, 4) is 0 Å². The SMILES string of the molecule is CC[C@H](N)C(=O)NC(C)(C(N)=O)c1cccc(C(F)(F)F)c1. The van der Waals surface area contributed by atoms with E-state index in [1.807, 2.05) is 0 Å². The summed E-state index contributed by atoms with van der Waals surface area (Å²) in [4.78, 5) is 23.6. The molecule has 0 aliphatic carbocycles. The zero-order chi connectivity index (χ0) is 17.1. The lowest BCUT2D eigenvalue weighted by Gasteiger charge is -2.29. The third kappa shape index (κ3) is 3.76. The van der Waals surface area contributed by atoms with Gasteiger partial charge in [-0.05, 0) is 31.0 Å². The fourth-order valence-corrected chi connectivity index (χ4v) is 1.81. The molecule has 0 fully saturated rings. The van der Waals surface area contributed by atoms with Gasteiger partial charge in [0.25, 0.3) is 0 Å². The predicted octanol–water partition coefficient (Wildman–Crippen LogP) is 1.26. The number of carbonyl (C=O) groups excluding carboxylic acids is 2. The van der Waals surface area contributed by atoms with Crippen LogP contribution in [0.3, 0.4) is 0 Å². The van der Waals surface area contributed by atoms with Gasteiger partial charge in [-0.1, -0.05) is 19.1 Å². The van der Waals surface area contributed by atoms with E-state index in [1.165, 1.54) is 13.0 Å². The molecule has 1 aromatic carbocycles. The van der Waals surface area contributed by atoms with Gasteiger partial charge in [-0.2, -0.15) is 13.2 Å². The Morgan fingerprint density at radius 2 is 1.82 bits per heavy atom. The molecule has 0 aliphatic rings. The molecular formula is C14H18F3N3O2. The lowest BCUT2D eigenvalue weighted by Crippen LogP contribution is -2.56. The van der Waals surface area contributed by atoms with Crippen LogP contribution in [0.2, 0.25) is 0 Å². The first-order valence-electron chi connectivity index (χ1n) is 6.57. The molecule has 0 aliphatic heterocycles. The molecule has 1 rings (SSSR count). The summed E-state index contributed by atoms with van der Waals surface area (Å²) in [5.41, 5.74) is 8.04. The second-order valence-electron chi connectivity index (χ2n) is 5.07. The molecule has 0 aromatic heterocycles. The van der Waals surface area contributed by atoms with E-state index in [9.17, 15) is 22.8 Å². The number of hydrogen-bond donors (Lipinski definition) is 3. The summed E-state index contributed by atoms with van der Waals surface area (Å²) >= 11 is 0. The van der Waals surface area contributed by atoms with Crippen LogP contribution in [0.5, 0.6) is 0 Å². The molecule has 1 unspecified atom stereocenters. The van der Waals surface area contributed by atoms with Gasteiger partial charge in [0.05, 0.1) is 11.6 Å². The van der Waals surface area contributed by atoms with Gasteiger partial charge < -0.3 is 16.8 Å². The molecule has 8 heteroatoms. The first-order chi connectivity index (χ1) is 10.0. The van der Waals surface area contributed by atoms with E-state index in [0.717, 1.165) is 18.2 Å². The summed E-state index contributed by atoms with van der Waals surface area (Å²) in [6, 6.07) is 3.19. The van der Waals surface area contributed by atoms with Crippen molar-refractivity contribution in [3.05, 3.63) is 35.4 Å². The van der Waals surface area contributed by atoms with Crippen molar-refractivity contribution in [3.63, 3.8) is 0 Å². The summed E-state index contributed by atoms with van der Waals surface area (Å²) in [5, 5.41) is 2.33. The Morgan fingerprint density at radius 1 is 1.27 bits per heavy atom. The Bertz CT molecular complexity index is 575. The van der Waals surface area contributed by atoms with Gasteiger partial charge in [-0.3, -0.25) is 9.59 Å². The second kappa shape index (κ2) is 6.35. The van der Waals surface area contributed by atoms with Gasteiger partial charge in [0.2, 0.25) is 11.8 Å². The average Bonchev–Trinajstić information content (AvgIpc) is 2.45. The third-order valence-electron chi connectivity index (χ3n) is 3.41. The maximum atomic E-state index is 12.8. The van der Waals surface area contributed by atoms with E-state index in [2.05, 4.69) is 5.32 Å². The van der Waals surface area contributed by atoms with Crippen LogP contribution in [0.1, 0.15) is 31.4 Å². The monoisotopic (exact) mass is 317 g/mol. The number of carbonyl (C=O) groups is 2. The van der Waals surface area contributed by atoms with E-state index >= 15 is 0 Å². The minimum atomic E-state index is -4.57. The number of benzene rings is 1. The van der Waals surface area contributed by atoms with Crippen molar-refractivity contribution in [1.82, 2.24) is 5.32 Å². The Balaban J connectivity index is 3.26. The summed E-state index contributed by atoms with van der Waals surface area (Å²) in [6.07, 6.45) is -4.26. The van der Waals surface area contributed by atoms with Crippen molar-refractivity contribution < 1.29 is 22.8 Å². The fourth-order valence-electron chi connectivity index (χ4n) is 1.81. The van der Waals surface area contributed by atoms with Gasteiger partial charge in [0, 0.05) is 0 Å². The normalized spacial score (nSPS) is 15.7. The van der Waals surface area contributed by atoms with Crippen LogP contribution in [0.25, 0.3) is 0 Å². The van der Waals surface area contributed by atoms with E-state index in [4.69, 9.17) is 11.5 Å². The molecule has 2 atom stereocenters. The number of alkyl halides is 3. The highest BCUT2D eigenvalue weighted by Crippen LogP contribution is 2.32. The molecule has 0 radical (unpaired) electrons. The maximum absolute atomic E-state index is 12.8. The van der Waals surface area contributed by atoms with Crippen molar-refractivity contribution in [2.75, 3.05) is 0 Å². The first kappa shape index (κ1) is 18.0. The Labute approximate surface area is 125 Å². The topological polar surface area (TPSA) is 98.2 Å². The molecule has 5 nitrogen and oxygen atoms in total. The quantitative estimate of drug-likeness (QED) is 0.762. The van der Waals surface area contributed by atoms with Crippen molar-refractivity contribution in [2.24, 2.45) is 11.5 Å². The molecule has 5 N–H and O–H groups in total. The number of rotatable bonds is 5. The molecular weight excluding hydrogens is 299 g/mol. The second-order valence-corrected chi connectivity index (χ2v) is 5.07. The minimum Gasteiger partial charge on any atom is -0.367 e. The number of hydrogen-bond acceptors (Lipinski definition) is 3. The van der Waals surface area contributed by atoms with E-state index in [-0.39, 0.29) is 5.56 Å². The Morgan fingerprint density at radius 3 is 2.27 bits per heavy atom. The smallest absolute Gasteiger partial charge is 0.367 e. The number of amides is 2. The predicted molar refractivity (Wildman–Crippen MR) is 74.4 cm³/mol. The summed E-state index contributed by atoms with van der Waals surface area (Å²) < 4.78 is 38.3. The number of nitrogens with two attached hydrogens (primary N) is 2. The van der Waals surface area contributed by atoms with Crippen LogP contribution in [0.15, 0.2) is 24.3 Å². The first-order valence-corrected chi connectivity index (χ1v) is 6.57. The molecule has 0 saturated carbocycles. The highest BCUT2D eigenvalue weighted by molar-refractivity contribution is 5.92. The highest BCUT2D eigenvalue weighted by Gasteiger charge is 2.38. The molecule has 0 saturated heterocycles. The molecule has 1 aromatic rings. The van der Waals surface area contributed by atoms with Crippen LogP contribution in [-0.2, 0) is 21.3 Å². The van der Waals surface area contributed by atoms with Crippen molar-refractivity contribution in [1.29, 1.82) is 0 Å².